The van der Waals surface area contributed by atoms with Crippen molar-refractivity contribution in [2.45, 2.75) is 44.8 Å². The zero-order chi connectivity index (χ0) is 25.4. The third kappa shape index (κ3) is 4.78. The lowest BCUT2D eigenvalue weighted by molar-refractivity contribution is -0.116. The molecule has 0 radical (unpaired) electrons. The third-order valence-corrected chi connectivity index (χ3v) is 7.17. The normalized spacial score (nSPS) is 19.1. The Balaban J connectivity index is 1.56. The number of Topliss-reactive ketones (excluding diaryl/α,β-unsaturated/α-hetero) is 1. The van der Waals surface area contributed by atoms with Crippen molar-refractivity contribution in [3.8, 4) is 11.5 Å². The van der Waals surface area contributed by atoms with Gasteiger partial charge in [0.2, 0.25) is 0 Å². The fourth-order valence-electron chi connectivity index (χ4n) is 4.99. The molecule has 5 nitrogen and oxygen atoms in total. The molecule has 5 rings (SSSR count). The molecule has 3 aromatic rings. The largest absolute Gasteiger partial charge is 0.493 e. The standard InChI is InChI=1S/C29H28Cl2N2O3/c1-16(2)36-26-11-8-17(14-27(26)35-3)18-12-24-28(25(34)13-18)29(20-10-9-19(30)15-21(20)31)33-23-7-5-4-6-22(23)32-24/h4-11,14-16,18,29,32-33H,12-13H2,1-3H3. The van der Waals surface area contributed by atoms with Gasteiger partial charge in [0, 0.05) is 27.7 Å². The summed E-state index contributed by atoms with van der Waals surface area (Å²) in [5.74, 6) is 1.44. The maximum atomic E-state index is 13.8. The van der Waals surface area contributed by atoms with E-state index in [0.29, 0.717) is 40.0 Å². The van der Waals surface area contributed by atoms with Crippen molar-refractivity contribution in [3.05, 3.63) is 93.1 Å². The van der Waals surface area contributed by atoms with Crippen molar-refractivity contribution in [1.29, 1.82) is 0 Å². The van der Waals surface area contributed by atoms with Crippen molar-refractivity contribution in [2.24, 2.45) is 0 Å². The van der Waals surface area contributed by atoms with Crippen molar-refractivity contribution in [1.82, 2.24) is 0 Å². The maximum Gasteiger partial charge on any atom is 0.163 e. The molecule has 1 aliphatic heterocycles. The van der Waals surface area contributed by atoms with Gasteiger partial charge in [0.1, 0.15) is 0 Å². The third-order valence-electron chi connectivity index (χ3n) is 6.60. The highest BCUT2D eigenvalue weighted by Gasteiger charge is 2.37. The van der Waals surface area contributed by atoms with E-state index in [2.05, 4.69) is 10.6 Å². The number of methoxy groups -OCH3 is 1. The summed E-state index contributed by atoms with van der Waals surface area (Å²) in [7, 11) is 1.63. The molecular formula is C29H28Cl2N2O3. The molecule has 1 aliphatic carbocycles. The van der Waals surface area contributed by atoms with Crippen molar-refractivity contribution >= 4 is 40.4 Å². The number of ketones is 1. The quantitative estimate of drug-likeness (QED) is 0.358. The summed E-state index contributed by atoms with van der Waals surface area (Å²) in [6.07, 6.45) is 1.09. The topological polar surface area (TPSA) is 59.6 Å². The second-order valence-electron chi connectivity index (χ2n) is 9.41. The Morgan fingerprint density at radius 1 is 0.944 bits per heavy atom. The van der Waals surface area contributed by atoms with E-state index in [-0.39, 0.29) is 17.8 Å². The van der Waals surface area contributed by atoms with Crippen LogP contribution in [-0.2, 0) is 4.79 Å². The van der Waals surface area contributed by atoms with Crippen LogP contribution in [0.25, 0.3) is 0 Å². The molecule has 0 saturated carbocycles. The first-order valence-electron chi connectivity index (χ1n) is 12.0. The first-order valence-corrected chi connectivity index (χ1v) is 12.8. The lowest BCUT2D eigenvalue weighted by atomic mass is 9.78. The van der Waals surface area contributed by atoms with Crippen LogP contribution in [-0.4, -0.2) is 19.0 Å². The van der Waals surface area contributed by atoms with E-state index in [1.807, 2.05) is 62.4 Å². The summed E-state index contributed by atoms with van der Waals surface area (Å²) >= 11 is 12.8. The second kappa shape index (κ2) is 10.1. The van der Waals surface area contributed by atoms with Crippen LogP contribution in [0.15, 0.2) is 71.9 Å². The summed E-state index contributed by atoms with van der Waals surface area (Å²) in [6.45, 7) is 3.96. The van der Waals surface area contributed by atoms with Gasteiger partial charge in [0.05, 0.1) is 30.6 Å². The summed E-state index contributed by atoms with van der Waals surface area (Å²) < 4.78 is 11.5. The van der Waals surface area contributed by atoms with Gasteiger partial charge in [0.25, 0.3) is 0 Å². The number of rotatable bonds is 5. The number of para-hydroxylation sites is 2. The molecule has 0 bridgehead atoms. The van der Waals surface area contributed by atoms with Crippen LogP contribution in [0, 0.1) is 0 Å². The van der Waals surface area contributed by atoms with Gasteiger partial charge >= 0.3 is 0 Å². The van der Waals surface area contributed by atoms with Crippen molar-refractivity contribution < 1.29 is 14.3 Å². The minimum Gasteiger partial charge on any atom is -0.493 e. The zero-order valence-electron chi connectivity index (χ0n) is 20.4. The van der Waals surface area contributed by atoms with E-state index in [0.717, 1.165) is 28.2 Å². The van der Waals surface area contributed by atoms with Crippen LogP contribution >= 0.6 is 23.2 Å². The van der Waals surface area contributed by atoms with E-state index in [9.17, 15) is 4.79 Å². The Bertz CT molecular complexity index is 1350. The Labute approximate surface area is 221 Å². The minimum absolute atomic E-state index is 0.00245. The molecule has 186 valence electrons. The minimum atomic E-state index is -0.397. The number of allylic oxidation sites excluding steroid dienone is 1. The van der Waals surface area contributed by atoms with Gasteiger partial charge in [-0.2, -0.15) is 0 Å². The number of hydrogen-bond acceptors (Lipinski definition) is 5. The van der Waals surface area contributed by atoms with Crippen molar-refractivity contribution in [3.63, 3.8) is 0 Å². The molecule has 0 fully saturated rings. The Morgan fingerprint density at radius 3 is 2.44 bits per heavy atom. The first kappa shape index (κ1) is 24.5. The Kier molecular flexibility index (Phi) is 6.87. The van der Waals surface area contributed by atoms with Gasteiger partial charge in [0.15, 0.2) is 17.3 Å². The number of nitrogens with one attached hydrogen (secondary N) is 2. The summed E-state index contributed by atoms with van der Waals surface area (Å²) in [4.78, 5) is 13.8. The molecule has 3 aromatic carbocycles. The van der Waals surface area contributed by atoms with Gasteiger partial charge in [-0.05, 0) is 73.7 Å². The monoisotopic (exact) mass is 522 g/mol. The van der Waals surface area contributed by atoms with Gasteiger partial charge in [-0.15, -0.1) is 0 Å². The fourth-order valence-corrected chi connectivity index (χ4v) is 5.50. The maximum absolute atomic E-state index is 13.8. The molecule has 2 atom stereocenters. The summed E-state index contributed by atoms with van der Waals surface area (Å²) in [5.41, 5.74) is 5.28. The van der Waals surface area contributed by atoms with Crippen LogP contribution in [0.1, 0.15) is 49.8 Å². The molecule has 0 spiro atoms. The number of fused-ring (bicyclic) bond motifs is 1. The van der Waals surface area contributed by atoms with Crippen LogP contribution in [0.4, 0.5) is 11.4 Å². The lowest BCUT2D eigenvalue weighted by Gasteiger charge is -2.30. The highest BCUT2D eigenvalue weighted by Crippen LogP contribution is 2.46. The number of benzene rings is 3. The average molecular weight is 523 g/mol. The molecule has 2 N–H and O–H groups in total. The van der Waals surface area contributed by atoms with E-state index >= 15 is 0 Å². The van der Waals surface area contributed by atoms with Gasteiger partial charge in [-0.1, -0.05) is 47.5 Å². The number of anilines is 2. The predicted molar refractivity (Wildman–Crippen MR) is 146 cm³/mol. The molecule has 7 heteroatoms. The zero-order valence-corrected chi connectivity index (χ0v) is 21.9. The second-order valence-corrected chi connectivity index (χ2v) is 10.3. The van der Waals surface area contributed by atoms with Crippen LogP contribution < -0.4 is 20.1 Å². The van der Waals surface area contributed by atoms with E-state index in [1.165, 1.54) is 0 Å². The van der Waals surface area contributed by atoms with Gasteiger partial charge in [-0.25, -0.2) is 0 Å². The SMILES string of the molecule is COc1cc(C2CC(=O)C3=C(C2)Nc2ccccc2NC3c2ccc(Cl)cc2Cl)ccc1OC(C)C. The first-order chi connectivity index (χ1) is 17.3. The molecule has 0 aromatic heterocycles. The molecule has 1 heterocycles. The number of hydrogen-bond donors (Lipinski definition) is 2. The van der Waals surface area contributed by atoms with E-state index in [4.69, 9.17) is 32.7 Å². The lowest BCUT2D eigenvalue weighted by Crippen LogP contribution is -2.27. The van der Waals surface area contributed by atoms with E-state index < -0.39 is 6.04 Å². The highest BCUT2D eigenvalue weighted by atomic mass is 35.5. The number of carbonyl (C=O) groups is 1. The molecule has 2 aliphatic rings. The molecular weight excluding hydrogens is 495 g/mol. The summed E-state index contributed by atoms with van der Waals surface area (Å²) in [6, 6.07) is 18.9. The Hall–Kier alpha value is -3.15. The average Bonchev–Trinajstić information content (AvgIpc) is 3.00. The smallest absolute Gasteiger partial charge is 0.163 e. The molecule has 0 amide bonds. The molecule has 2 unspecified atom stereocenters. The van der Waals surface area contributed by atoms with Crippen LogP contribution in [0.2, 0.25) is 10.0 Å². The van der Waals surface area contributed by atoms with Gasteiger partial charge < -0.3 is 20.1 Å². The number of ether oxygens (including phenoxy) is 2. The predicted octanol–water partition coefficient (Wildman–Crippen LogP) is 7.77. The highest BCUT2D eigenvalue weighted by molar-refractivity contribution is 6.35. The van der Waals surface area contributed by atoms with Crippen molar-refractivity contribution in [2.75, 3.05) is 17.7 Å². The van der Waals surface area contributed by atoms with Crippen LogP contribution in [0.3, 0.4) is 0 Å². The molecule has 36 heavy (non-hydrogen) atoms. The van der Waals surface area contributed by atoms with Crippen LogP contribution in [0.5, 0.6) is 11.5 Å². The molecule has 0 saturated heterocycles. The summed E-state index contributed by atoms with van der Waals surface area (Å²) in [5, 5.41) is 8.19. The fraction of sp³-hybridized carbons (Fsp3) is 0.276. The van der Waals surface area contributed by atoms with Gasteiger partial charge in [-0.3, -0.25) is 4.79 Å². The number of halogens is 2. The van der Waals surface area contributed by atoms with E-state index in [1.54, 1.807) is 19.2 Å². The Morgan fingerprint density at radius 2 is 1.72 bits per heavy atom. The number of carbonyl (C=O) groups excluding carboxylic acids is 1.